The average molecular weight is 322 g/mol. The van der Waals surface area contributed by atoms with Crippen LogP contribution in [0.2, 0.25) is 0 Å². The molecule has 0 unspecified atom stereocenters. The lowest BCUT2D eigenvalue weighted by atomic mass is 10.1. The standard InChI is InChI=1S/C15H13BrFNO/c16-13-10-12(6-7-14(13)17)15(19)18-9-8-11-4-2-1-3-5-11/h1-7,10H,8-9H2,(H,18,19). The van der Waals surface area contributed by atoms with Crippen LogP contribution < -0.4 is 5.32 Å². The van der Waals surface area contributed by atoms with Crippen LogP contribution >= 0.6 is 15.9 Å². The van der Waals surface area contributed by atoms with Crippen molar-refractivity contribution in [2.75, 3.05) is 6.54 Å². The fourth-order valence-electron chi connectivity index (χ4n) is 1.70. The monoisotopic (exact) mass is 321 g/mol. The van der Waals surface area contributed by atoms with Gasteiger partial charge >= 0.3 is 0 Å². The first-order valence-electron chi connectivity index (χ1n) is 5.94. The maximum Gasteiger partial charge on any atom is 0.251 e. The lowest BCUT2D eigenvalue weighted by Gasteiger charge is -2.06. The van der Waals surface area contributed by atoms with E-state index in [4.69, 9.17) is 0 Å². The summed E-state index contributed by atoms with van der Waals surface area (Å²) in [5.74, 6) is -0.572. The number of halogens is 2. The van der Waals surface area contributed by atoms with E-state index in [1.54, 1.807) is 0 Å². The van der Waals surface area contributed by atoms with Gasteiger partial charge in [-0.05, 0) is 46.1 Å². The molecule has 0 aliphatic carbocycles. The summed E-state index contributed by atoms with van der Waals surface area (Å²) in [4.78, 5) is 11.8. The first-order chi connectivity index (χ1) is 9.16. The molecule has 0 heterocycles. The molecule has 2 aromatic carbocycles. The number of rotatable bonds is 4. The van der Waals surface area contributed by atoms with Crippen LogP contribution in [0.5, 0.6) is 0 Å². The van der Waals surface area contributed by atoms with E-state index in [0.717, 1.165) is 6.42 Å². The largest absolute Gasteiger partial charge is 0.352 e. The Labute approximate surface area is 119 Å². The average Bonchev–Trinajstić information content (AvgIpc) is 2.43. The number of hydrogen-bond acceptors (Lipinski definition) is 1. The highest BCUT2D eigenvalue weighted by Crippen LogP contribution is 2.16. The molecule has 19 heavy (non-hydrogen) atoms. The topological polar surface area (TPSA) is 29.1 Å². The van der Waals surface area contributed by atoms with E-state index in [1.807, 2.05) is 30.3 Å². The van der Waals surface area contributed by atoms with Gasteiger partial charge in [0.1, 0.15) is 5.82 Å². The van der Waals surface area contributed by atoms with Crippen LogP contribution in [-0.2, 0) is 6.42 Å². The van der Waals surface area contributed by atoms with Crippen LogP contribution in [0.3, 0.4) is 0 Å². The molecule has 0 spiro atoms. The van der Waals surface area contributed by atoms with Gasteiger partial charge in [-0.1, -0.05) is 30.3 Å². The van der Waals surface area contributed by atoms with E-state index in [9.17, 15) is 9.18 Å². The van der Waals surface area contributed by atoms with Gasteiger partial charge in [-0.15, -0.1) is 0 Å². The molecule has 0 aliphatic heterocycles. The third-order valence-electron chi connectivity index (χ3n) is 2.72. The third kappa shape index (κ3) is 3.89. The van der Waals surface area contributed by atoms with E-state index in [1.165, 1.54) is 23.8 Å². The second kappa shape index (κ2) is 6.48. The summed E-state index contributed by atoms with van der Waals surface area (Å²) < 4.78 is 13.4. The van der Waals surface area contributed by atoms with Crippen LogP contribution in [0.4, 0.5) is 4.39 Å². The van der Waals surface area contributed by atoms with Gasteiger partial charge in [-0.3, -0.25) is 4.79 Å². The summed E-state index contributed by atoms with van der Waals surface area (Å²) in [6, 6.07) is 14.1. The van der Waals surface area contributed by atoms with Crippen molar-refractivity contribution >= 4 is 21.8 Å². The summed E-state index contributed by atoms with van der Waals surface area (Å²) in [6.07, 6.45) is 0.773. The molecule has 0 bridgehead atoms. The molecule has 0 radical (unpaired) electrons. The van der Waals surface area contributed by atoms with E-state index >= 15 is 0 Å². The minimum absolute atomic E-state index is 0.198. The Morgan fingerprint density at radius 1 is 1.16 bits per heavy atom. The lowest BCUT2D eigenvalue weighted by Crippen LogP contribution is -2.25. The first kappa shape index (κ1) is 13.7. The fourth-order valence-corrected chi connectivity index (χ4v) is 2.08. The maximum absolute atomic E-state index is 13.1. The van der Waals surface area contributed by atoms with E-state index in [-0.39, 0.29) is 11.7 Å². The molecule has 0 saturated carbocycles. The molecule has 0 atom stereocenters. The molecule has 98 valence electrons. The van der Waals surface area contributed by atoms with Crippen molar-refractivity contribution in [3.8, 4) is 0 Å². The van der Waals surface area contributed by atoms with Gasteiger partial charge in [0.2, 0.25) is 0 Å². The smallest absolute Gasteiger partial charge is 0.251 e. The second-order valence-corrected chi connectivity index (χ2v) is 4.97. The van der Waals surface area contributed by atoms with Crippen molar-refractivity contribution in [1.29, 1.82) is 0 Å². The molecular weight excluding hydrogens is 309 g/mol. The van der Waals surface area contributed by atoms with Crippen molar-refractivity contribution in [2.24, 2.45) is 0 Å². The predicted molar refractivity (Wildman–Crippen MR) is 76.6 cm³/mol. The normalized spacial score (nSPS) is 10.2. The van der Waals surface area contributed by atoms with Crippen LogP contribution in [0, 0.1) is 5.82 Å². The zero-order valence-electron chi connectivity index (χ0n) is 10.2. The highest BCUT2D eigenvalue weighted by molar-refractivity contribution is 9.10. The van der Waals surface area contributed by atoms with Crippen molar-refractivity contribution < 1.29 is 9.18 Å². The highest BCUT2D eigenvalue weighted by atomic mass is 79.9. The number of hydrogen-bond donors (Lipinski definition) is 1. The van der Waals surface area contributed by atoms with E-state index in [0.29, 0.717) is 16.6 Å². The van der Waals surface area contributed by atoms with Gasteiger partial charge in [0.15, 0.2) is 0 Å². The van der Waals surface area contributed by atoms with Gasteiger partial charge in [0.05, 0.1) is 4.47 Å². The lowest BCUT2D eigenvalue weighted by molar-refractivity contribution is 0.0954. The molecule has 0 saturated heterocycles. The molecule has 0 aromatic heterocycles. The minimum atomic E-state index is -0.374. The van der Waals surface area contributed by atoms with E-state index < -0.39 is 0 Å². The van der Waals surface area contributed by atoms with Crippen molar-refractivity contribution in [1.82, 2.24) is 5.32 Å². The van der Waals surface area contributed by atoms with Gasteiger partial charge < -0.3 is 5.32 Å². The summed E-state index contributed by atoms with van der Waals surface area (Å²) in [5, 5.41) is 2.81. The van der Waals surface area contributed by atoms with E-state index in [2.05, 4.69) is 21.2 Å². The highest BCUT2D eigenvalue weighted by Gasteiger charge is 2.07. The summed E-state index contributed by atoms with van der Waals surface area (Å²) in [7, 11) is 0. The maximum atomic E-state index is 13.1. The molecule has 2 nitrogen and oxygen atoms in total. The third-order valence-corrected chi connectivity index (χ3v) is 3.33. The van der Waals surface area contributed by atoms with Gasteiger partial charge in [0, 0.05) is 12.1 Å². The van der Waals surface area contributed by atoms with Crippen LogP contribution in [0.1, 0.15) is 15.9 Å². The van der Waals surface area contributed by atoms with Crippen LogP contribution in [-0.4, -0.2) is 12.5 Å². The van der Waals surface area contributed by atoms with Crippen molar-refractivity contribution in [2.45, 2.75) is 6.42 Å². The predicted octanol–water partition coefficient (Wildman–Crippen LogP) is 3.56. The van der Waals surface area contributed by atoms with Gasteiger partial charge in [-0.2, -0.15) is 0 Å². The van der Waals surface area contributed by atoms with Gasteiger partial charge in [-0.25, -0.2) is 4.39 Å². The summed E-state index contributed by atoms with van der Waals surface area (Å²) in [6.45, 7) is 0.553. The van der Waals surface area contributed by atoms with Gasteiger partial charge in [0.25, 0.3) is 5.91 Å². The Morgan fingerprint density at radius 2 is 1.89 bits per heavy atom. The number of carbonyl (C=O) groups excluding carboxylic acids is 1. The number of carbonyl (C=O) groups is 1. The Hall–Kier alpha value is -1.68. The molecule has 1 amide bonds. The zero-order chi connectivity index (χ0) is 13.7. The zero-order valence-corrected chi connectivity index (χ0v) is 11.8. The quantitative estimate of drug-likeness (QED) is 0.916. The molecule has 4 heteroatoms. The van der Waals surface area contributed by atoms with Crippen molar-refractivity contribution in [3.63, 3.8) is 0 Å². The molecule has 0 fully saturated rings. The second-order valence-electron chi connectivity index (χ2n) is 4.12. The SMILES string of the molecule is O=C(NCCc1ccccc1)c1ccc(F)c(Br)c1. The number of benzene rings is 2. The molecule has 2 rings (SSSR count). The molecular formula is C15H13BrFNO. The Kier molecular flexibility index (Phi) is 4.68. The van der Waals surface area contributed by atoms with Crippen molar-refractivity contribution in [3.05, 3.63) is 69.9 Å². The van der Waals surface area contributed by atoms with Crippen LogP contribution in [0.25, 0.3) is 0 Å². The number of amides is 1. The Balaban J connectivity index is 1.89. The minimum Gasteiger partial charge on any atom is -0.352 e. The Morgan fingerprint density at radius 3 is 2.58 bits per heavy atom. The molecule has 2 aromatic rings. The Bertz CT molecular complexity index is 572. The van der Waals surface area contributed by atoms with Crippen LogP contribution in [0.15, 0.2) is 53.0 Å². The summed E-state index contributed by atoms with van der Waals surface area (Å²) in [5.41, 5.74) is 1.62. The number of nitrogens with one attached hydrogen (secondary N) is 1. The first-order valence-corrected chi connectivity index (χ1v) is 6.73. The molecule has 1 N–H and O–H groups in total. The molecule has 0 aliphatic rings. The fraction of sp³-hybridized carbons (Fsp3) is 0.133. The summed E-state index contributed by atoms with van der Waals surface area (Å²) >= 11 is 3.06.